The van der Waals surface area contributed by atoms with Gasteiger partial charge in [0, 0.05) is 5.56 Å². The molecule has 0 radical (unpaired) electrons. The van der Waals surface area contributed by atoms with Gasteiger partial charge in [0.15, 0.2) is 5.75 Å². The molecule has 0 bridgehead atoms. The summed E-state index contributed by atoms with van der Waals surface area (Å²) in [6.45, 7) is 0. The lowest BCUT2D eigenvalue weighted by Gasteiger charge is -2.11. The standard InChI is InChI=1S/C17H12N4O2/c18-9-12-4-3-5-13(8-12)15-6-1-2-7-16(15)21-17(22)23-14-10-19-20-11-14/h1-8,10-11H,(H,19,20)(H,21,22). The molecule has 0 saturated carbocycles. The molecule has 0 aliphatic rings. The number of nitrogens with one attached hydrogen (secondary N) is 2. The van der Waals surface area contributed by atoms with E-state index in [1.54, 1.807) is 24.3 Å². The summed E-state index contributed by atoms with van der Waals surface area (Å²) in [6.07, 6.45) is 2.26. The maximum Gasteiger partial charge on any atom is 0.417 e. The molecule has 0 aliphatic carbocycles. The fourth-order valence-corrected chi connectivity index (χ4v) is 2.14. The highest BCUT2D eigenvalue weighted by molar-refractivity contribution is 5.92. The van der Waals surface area contributed by atoms with Gasteiger partial charge in [0.05, 0.1) is 29.7 Å². The number of aromatic nitrogens is 2. The normalized spacial score (nSPS) is 9.87. The van der Waals surface area contributed by atoms with Crippen LogP contribution in [-0.2, 0) is 0 Å². The van der Waals surface area contributed by atoms with Gasteiger partial charge in [0.25, 0.3) is 0 Å². The summed E-state index contributed by atoms with van der Waals surface area (Å²) in [4.78, 5) is 12.0. The zero-order chi connectivity index (χ0) is 16.1. The maximum absolute atomic E-state index is 12.0. The summed E-state index contributed by atoms with van der Waals surface area (Å²) < 4.78 is 5.10. The monoisotopic (exact) mass is 304 g/mol. The van der Waals surface area contributed by atoms with Crippen molar-refractivity contribution in [2.45, 2.75) is 0 Å². The van der Waals surface area contributed by atoms with Gasteiger partial charge in [-0.1, -0.05) is 30.3 Å². The molecule has 0 saturated heterocycles. The van der Waals surface area contributed by atoms with Gasteiger partial charge in [0.2, 0.25) is 0 Å². The lowest BCUT2D eigenvalue weighted by atomic mass is 10.0. The molecule has 0 atom stereocenters. The summed E-state index contributed by atoms with van der Waals surface area (Å²) in [5.74, 6) is 0.325. The Morgan fingerprint density at radius 2 is 2.09 bits per heavy atom. The van der Waals surface area contributed by atoms with Gasteiger partial charge in [-0.25, -0.2) is 4.79 Å². The van der Waals surface area contributed by atoms with Crippen molar-refractivity contribution in [3.63, 3.8) is 0 Å². The highest BCUT2D eigenvalue weighted by atomic mass is 16.6. The number of nitriles is 1. The molecule has 1 heterocycles. The van der Waals surface area contributed by atoms with Crippen LogP contribution in [0.4, 0.5) is 10.5 Å². The topological polar surface area (TPSA) is 90.8 Å². The molecule has 3 rings (SSSR count). The molecule has 6 nitrogen and oxygen atoms in total. The van der Waals surface area contributed by atoms with Crippen LogP contribution in [0.3, 0.4) is 0 Å². The second kappa shape index (κ2) is 6.45. The molecule has 0 fully saturated rings. The molecule has 1 amide bonds. The Labute approximate surface area is 132 Å². The number of H-pyrrole nitrogens is 1. The van der Waals surface area contributed by atoms with E-state index in [-0.39, 0.29) is 0 Å². The highest BCUT2D eigenvalue weighted by Crippen LogP contribution is 2.28. The van der Waals surface area contributed by atoms with Crippen LogP contribution in [0.15, 0.2) is 60.9 Å². The molecular formula is C17H12N4O2. The summed E-state index contributed by atoms with van der Waals surface area (Å²) in [7, 11) is 0. The van der Waals surface area contributed by atoms with Gasteiger partial charge in [-0.05, 0) is 23.8 Å². The second-order valence-electron chi connectivity index (χ2n) is 4.69. The van der Waals surface area contributed by atoms with E-state index in [0.29, 0.717) is 17.0 Å². The van der Waals surface area contributed by atoms with Gasteiger partial charge in [0.1, 0.15) is 0 Å². The first-order chi connectivity index (χ1) is 11.3. The van der Waals surface area contributed by atoms with Crippen molar-refractivity contribution in [2.75, 3.05) is 5.32 Å². The van der Waals surface area contributed by atoms with Crippen LogP contribution < -0.4 is 10.1 Å². The van der Waals surface area contributed by atoms with Crippen LogP contribution >= 0.6 is 0 Å². The predicted octanol–water partition coefficient (Wildman–Crippen LogP) is 3.56. The van der Waals surface area contributed by atoms with E-state index >= 15 is 0 Å². The number of hydrogen-bond acceptors (Lipinski definition) is 4. The van der Waals surface area contributed by atoms with E-state index in [1.807, 2.05) is 24.3 Å². The molecule has 23 heavy (non-hydrogen) atoms. The van der Waals surface area contributed by atoms with Crippen LogP contribution in [-0.4, -0.2) is 16.3 Å². The molecule has 0 unspecified atom stereocenters. The largest absolute Gasteiger partial charge is 0.417 e. The summed E-state index contributed by atoms with van der Waals surface area (Å²) in [5.41, 5.74) is 2.78. The van der Waals surface area contributed by atoms with Gasteiger partial charge >= 0.3 is 6.09 Å². The molecule has 2 N–H and O–H groups in total. The Balaban J connectivity index is 1.86. The van der Waals surface area contributed by atoms with E-state index in [1.165, 1.54) is 12.4 Å². The number of nitrogens with zero attached hydrogens (tertiary/aromatic N) is 2. The lowest BCUT2D eigenvalue weighted by Crippen LogP contribution is -2.17. The number of carbonyl (C=O) groups excluding carboxylic acids is 1. The number of benzene rings is 2. The Hall–Kier alpha value is -3.59. The number of ether oxygens (including phenoxy) is 1. The molecule has 112 valence electrons. The third-order valence-electron chi connectivity index (χ3n) is 3.15. The average Bonchev–Trinajstić information content (AvgIpc) is 3.08. The lowest BCUT2D eigenvalue weighted by molar-refractivity contribution is 0.215. The van der Waals surface area contributed by atoms with Crippen LogP contribution in [0.5, 0.6) is 5.75 Å². The van der Waals surface area contributed by atoms with Crippen LogP contribution in [0.1, 0.15) is 5.56 Å². The van der Waals surface area contributed by atoms with Gasteiger partial charge in [-0.2, -0.15) is 10.4 Å². The van der Waals surface area contributed by atoms with Gasteiger partial charge in [-0.15, -0.1) is 0 Å². The number of rotatable bonds is 3. The van der Waals surface area contributed by atoms with Crippen molar-refractivity contribution in [1.29, 1.82) is 5.26 Å². The SMILES string of the molecule is N#Cc1cccc(-c2ccccc2NC(=O)Oc2cn[nH]c2)c1. The van der Waals surface area contributed by atoms with Gasteiger partial charge in [-0.3, -0.25) is 10.4 Å². The Kier molecular flexibility index (Phi) is 4.03. The summed E-state index contributed by atoms with van der Waals surface area (Å²) >= 11 is 0. The maximum atomic E-state index is 12.0. The first-order valence-corrected chi connectivity index (χ1v) is 6.83. The van der Waals surface area contributed by atoms with Crippen LogP contribution in [0.25, 0.3) is 11.1 Å². The first-order valence-electron chi connectivity index (χ1n) is 6.83. The Bertz CT molecular complexity index is 866. The van der Waals surface area contributed by atoms with E-state index in [9.17, 15) is 4.79 Å². The quantitative estimate of drug-likeness (QED) is 0.774. The van der Waals surface area contributed by atoms with E-state index in [2.05, 4.69) is 21.6 Å². The minimum absolute atomic E-state index is 0.325. The number of anilines is 1. The molecule has 6 heteroatoms. The Morgan fingerprint density at radius 3 is 2.87 bits per heavy atom. The molecular weight excluding hydrogens is 292 g/mol. The zero-order valence-electron chi connectivity index (χ0n) is 12.0. The smallest absolute Gasteiger partial charge is 0.407 e. The predicted molar refractivity (Wildman–Crippen MR) is 84.8 cm³/mol. The third-order valence-corrected chi connectivity index (χ3v) is 3.15. The van der Waals surface area contributed by atoms with Crippen LogP contribution in [0, 0.1) is 11.3 Å². The van der Waals surface area contributed by atoms with Crippen molar-refractivity contribution in [1.82, 2.24) is 10.2 Å². The molecule has 1 aromatic heterocycles. The number of aromatic amines is 1. The molecule has 0 aliphatic heterocycles. The Morgan fingerprint density at radius 1 is 1.22 bits per heavy atom. The fraction of sp³-hybridized carbons (Fsp3) is 0. The van der Waals surface area contributed by atoms with Crippen molar-refractivity contribution >= 4 is 11.8 Å². The molecule has 2 aromatic carbocycles. The van der Waals surface area contributed by atoms with E-state index in [4.69, 9.17) is 10.00 Å². The average molecular weight is 304 g/mol. The van der Waals surface area contributed by atoms with Gasteiger partial charge < -0.3 is 4.74 Å². The van der Waals surface area contributed by atoms with E-state index < -0.39 is 6.09 Å². The molecule has 3 aromatic rings. The van der Waals surface area contributed by atoms with E-state index in [0.717, 1.165) is 11.1 Å². The highest BCUT2D eigenvalue weighted by Gasteiger charge is 2.10. The third kappa shape index (κ3) is 3.36. The zero-order valence-corrected chi connectivity index (χ0v) is 12.0. The minimum Gasteiger partial charge on any atom is -0.407 e. The van der Waals surface area contributed by atoms with Crippen molar-refractivity contribution < 1.29 is 9.53 Å². The summed E-state index contributed by atoms with van der Waals surface area (Å²) in [6, 6.07) is 16.6. The van der Waals surface area contributed by atoms with Crippen molar-refractivity contribution in [2.24, 2.45) is 0 Å². The number of amides is 1. The first kappa shape index (κ1) is 14.4. The van der Waals surface area contributed by atoms with Crippen molar-refractivity contribution in [3.8, 4) is 22.9 Å². The second-order valence-corrected chi connectivity index (χ2v) is 4.69. The fourth-order valence-electron chi connectivity index (χ4n) is 2.14. The minimum atomic E-state index is -0.615. The number of hydrogen-bond donors (Lipinski definition) is 2. The molecule has 0 spiro atoms. The van der Waals surface area contributed by atoms with Crippen LogP contribution in [0.2, 0.25) is 0 Å². The van der Waals surface area contributed by atoms with Crippen molar-refractivity contribution in [3.05, 3.63) is 66.5 Å². The number of para-hydroxylation sites is 1. The number of carbonyl (C=O) groups is 1. The summed E-state index contributed by atoms with van der Waals surface area (Å²) in [5, 5.41) is 18.0.